The lowest BCUT2D eigenvalue weighted by Crippen LogP contribution is -2.13. The van der Waals surface area contributed by atoms with E-state index in [9.17, 15) is 10.1 Å². The maximum absolute atomic E-state index is 10.5. The van der Waals surface area contributed by atoms with E-state index >= 15 is 0 Å². The first-order chi connectivity index (χ1) is 8.41. The topological polar surface area (TPSA) is 89.7 Å². The van der Waals surface area contributed by atoms with E-state index in [1.165, 1.54) is 6.08 Å². The zero-order valence-corrected chi connectivity index (χ0v) is 11.0. The number of ether oxygens (including phenoxy) is 1. The number of carboxylic acids is 1. The number of para-hydroxylation sites is 1. The highest BCUT2D eigenvalue weighted by Crippen LogP contribution is 2.33. The first kappa shape index (κ1) is 14.2. The third-order valence-corrected chi connectivity index (χ3v) is 2.54. The SMILES string of the molecule is CC(=O)O.O=[N+]([O-])C1=Cc2cccc(Br)c2OC1. The first-order valence-electron chi connectivity index (χ1n) is 4.87. The Labute approximate surface area is 111 Å². The molecule has 0 spiro atoms. The largest absolute Gasteiger partial charge is 0.481 e. The zero-order chi connectivity index (χ0) is 13.7. The summed E-state index contributed by atoms with van der Waals surface area (Å²) < 4.78 is 6.08. The Balaban J connectivity index is 0.000000357. The summed E-state index contributed by atoms with van der Waals surface area (Å²) in [5, 5.41) is 17.9. The molecule has 0 aromatic heterocycles. The summed E-state index contributed by atoms with van der Waals surface area (Å²) in [5.74, 6) is -0.168. The van der Waals surface area contributed by atoms with Crippen LogP contribution in [0.5, 0.6) is 5.75 Å². The van der Waals surface area contributed by atoms with Crippen molar-refractivity contribution in [3.8, 4) is 5.75 Å². The molecule has 1 aliphatic rings. The van der Waals surface area contributed by atoms with E-state index in [0.717, 1.165) is 17.0 Å². The molecule has 1 aromatic rings. The van der Waals surface area contributed by atoms with Crippen molar-refractivity contribution in [2.75, 3.05) is 6.61 Å². The van der Waals surface area contributed by atoms with E-state index in [2.05, 4.69) is 15.9 Å². The number of nitro groups is 1. The van der Waals surface area contributed by atoms with Crippen LogP contribution in [0.4, 0.5) is 0 Å². The van der Waals surface area contributed by atoms with Gasteiger partial charge in [0.15, 0.2) is 6.61 Å². The number of hydrogen-bond donors (Lipinski definition) is 1. The van der Waals surface area contributed by atoms with Crippen molar-refractivity contribution in [3.63, 3.8) is 0 Å². The van der Waals surface area contributed by atoms with Crippen molar-refractivity contribution < 1.29 is 19.6 Å². The number of carbonyl (C=O) groups is 1. The average Bonchev–Trinajstić information content (AvgIpc) is 2.28. The Morgan fingerprint density at radius 1 is 1.56 bits per heavy atom. The van der Waals surface area contributed by atoms with Crippen molar-refractivity contribution in [3.05, 3.63) is 44.0 Å². The van der Waals surface area contributed by atoms with Gasteiger partial charge in [-0.15, -0.1) is 0 Å². The Morgan fingerprint density at radius 3 is 2.72 bits per heavy atom. The van der Waals surface area contributed by atoms with E-state index in [1.54, 1.807) is 6.07 Å². The molecule has 0 radical (unpaired) electrons. The van der Waals surface area contributed by atoms with Crippen LogP contribution in [0.25, 0.3) is 6.08 Å². The van der Waals surface area contributed by atoms with Crippen LogP contribution < -0.4 is 4.74 Å². The van der Waals surface area contributed by atoms with E-state index in [1.807, 2.05) is 12.1 Å². The number of rotatable bonds is 1. The lowest BCUT2D eigenvalue weighted by Gasteiger charge is -2.14. The summed E-state index contributed by atoms with van der Waals surface area (Å²) in [6.45, 7) is 1.10. The van der Waals surface area contributed by atoms with E-state index in [4.69, 9.17) is 14.6 Å². The van der Waals surface area contributed by atoms with E-state index in [-0.39, 0.29) is 12.3 Å². The molecule has 6 nitrogen and oxygen atoms in total. The molecule has 0 unspecified atom stereocenters. The molecule has 0 aliphatic carbocycles. The molecule has 7 heteroatoms. The highest BCUT2D eigenvalue weighted by atomic mass is 79.9. The van der Waals surface area contributed by atoms with E-state index in [0.29, 0.717) is 5.75 Å². The monoisotopic (exact) mass is 315 g/mol. The standard InChI is InChI=1S/C9H6BrNO3.C2H4O2/c10-8-3-1-2-6-4-7(11(12)13)5-14-9(6)8;1-2(3)4/h1-4H,5H2;1H3,(H,3,4). The van der Waals surface area contributed by atoms with Gasteiger partial charge >= 0.3 is 0 Å². The molecule has 96 valence electrons. The lowest BCUT2D eigenvalue weighted by molar-refractivity contribution is -0.427. The van der Waals surface area contributed by atoms with Crippen LogP contribution in [0.2, 0.25) is 0 Å². The average molecular weight is 316 g/mol. The Bertz CT molecular complexity index is 508. The number of hydrogen-bond acceptors (Lipinski definition) is 4. The summed E-state index contributed by atoms with van der Waals surface area (Å²) in [6, 6.07) is 5.43. The van der Waals surface area contributed by atoms with Crippen LogP contribution in [0.15, 0.2) is 28.4 Å². The molecule has 1 aliphatic heterocycles. The van der Waals surface area contributed by atoms with Gasteiger partial charge in [0.05, 0.1) is 9.40 Å². The minimum Gasteiger partial charge on any atom is -0.481 e. The zero-order valence-electron chi connectivity index (χ0n) is 9.42. The van der Waals surface area contributed by atoms with Crippen LogP contribution in [0, 0.1) is 10.1 Å². The fourth-order valence-corrected chi connectivity index (χ4v) is 1.76. The van der Waals surface area contributed by atoms with Gasteiger partial charge in [0, 0.05) is 18.6 Å². The Kier molecular flexibility index (Phi) is 4.85. The molecule has 1 heterocycles. The summed E-state index contributed by atoms with van der Waals surface area (Å²) in [6.07, 6.45) is 1.53. The molecule has 0 atom stereocenters. The molecule has 1 aromatic carbocycles. The number of halogens is 1. The number of aliphatic carboxylic acids is 1. The van der Waals surface area contributed by atoms with Crippen molar-refractivity contribution in [1.82, 2.24) is 0 Å². The quantitative estimate of drug-likeness (QED) is 0.635. The van der Waals surface area contributed by atoms with Crippen LogP contribution in [-0.2, 0) is 4.79 Å². The van der Waals surface area contributed by atoms with Crippen LogP contribution in [0.1, 0.15) is 12.5 Å². The van der Waals surface area contributed by atoms with Gasteiger partial charge in [0.1, 0.15) is 5.75 Å². The molecule has 18 heavy (non-hydrogen) atoms. The van der Waals surface area contributed by atoms with E-state index < -0.39 is 10.9 Å². The molecule has 0 saturated carbocycles. The van der Waals surface area contributed by atoms with Gasteiger partial charge in [-0.3, -0.25) is 14.9 Å². The fraction of sp³-hybridized carbons (Fsp3) is 0.182. The maximum Gasteiger partial charge on any atom is 0.300 e. The predicted octanol–water partition coefficient (Wildman–Crippen LogP) is 2.55. The number of fused-ring (bicyclic) bond motifs is 1. The third-order valence-electron chi connectivity index (χ3n) is 1.92. The molecule has 0 saturated heterocycles. The van der Waals surface area contributed by atoms with Gasteiger partial charge in [0.2, 0.25) is 0 Å². The second-order valence-corrected chi connectivity index (χ2v) is 4.21. The summed E-state index contributed by atoms with van der Waals surface area (Å²) >= 11 is 3.31. The number of nitrogens with zero attached hydrogens (tertiary/aromatic N) is 1. The number of carboxylic acid groups (broad SMARTS) is 1. The van der Waals surface area contributed by atoms with Gasteiger partial charge < -0.3 is 9.84 Å². The minimum atomic E-state index is -0.833. The highest BCUT2D eigenvalue weighted by molar-refractivity contribution is 9.10. The van der Waals surface area contributed by atoms with Crippen molar-refractivity contribution in [1.29, 1.82) is 0 Å². The Morgan fingerprint density at radius 2 is 2.17 bits per heavy atom. The molecular formula is C11H10BrNO5. The van der Waals surface area contributed by atoms with Crippen molar-refractivity contribution >= 4 is 28.0 Å². The van der Waals surface area contributed by atoms with Crippen LogP contribution in [-0.4, -0.2) is 22.6 Å². The van der Waals surface area contributed by atoms with Gasteiger partial charge in [-0.05, 0) is 22.0 Å². The number of benzene rings is 1. The smallest absolute Gasteiger partial charge is 0.300 e. The molecule has 1 N–H and O–H groups in total. The Hall–Kier alpha value is -1.89. The normalized spacial score (nSPS) is 12.2. The van der Waals surface area contributed by atoms with Crippen LogP contribution in [0.3, 0.4) is 0 Å². The third kappa shape index (κ3) is 3.85. The van der Waals surface area contributed by atoms with Gasteiger partial charge in [0.25, 0.3) is 11.7 Å². The first-order valence-corrected chi connectivity index (χ1v) is 5.67. The lowest BCUT2D eigenvalue weighted by atomic mass is 10.1. The fourth-order valence-electron chi connectivity index (χ4n) is 1.26. The van der Waals surface area contributed by atoms with Gasteiger partial charge in [-0.25, -0.2) is 0 Å². The molecule has 0 fully saturated rings. The molecule has 0 amide bonds. The summed E-state index contributed by atoms with van der Waals surface area (Å²) in [7, 11) is 0. The predicted molar refractivity (Wildman–Crippen MR) is 67.9 cm³/mol. The second-order valence-electron chi connectivity index (χ2n) is 3.36. The van der Waals surface area contributed by atoms with Gasteiger partial charge in [-0.2, -0.15) is 0 Å². The summed E-state index contributed by atoms with van der Waals surface area (Å²) in [5.41, 5.74) is 0.813. The molecule has 0 bridgehead atoms. The summed E-state index contributed by atoms with van der Waals surface area (Å²) in [4.78, 5) is 19.1. The highest BCUT2D eigenvalue weighted by Gasteiger charge is 2.20. The second kappa shape index (κ2) is 6.15. The minimum absolute atomic E-state index is 0.0165. The van der Waals surface area contributed by atoms with Gasteiger partial charge in [-0.1, -0.05) is 12.1 Å². The van der Waals surface area contributed by atoms with Crippen LogP contribution >= 0.6 is 15.9 Å². The van der Waals surface area contributed by atoms with Crippen molar-refractivity contribution in [2.24, 2.45) is 0 Å². The van der Waals surface area contributed by atoms with Crippen molar-refractivity contribution in [2.45, 2.75) is 6.92 Å². The molecular weight excluding hydrogens is 306 g/mol. The molecule has 2 rings (SSSR count). The maximum atomic E-state index is 10.5.